The summed E-state index contributed by atoms with van der Waals surface area (Å²) in [6.07, 6.45) is 3.64. The monoisotopic (exact) mass is 348 g/mol. The van der Waals surface area contributed by atoms with Crippen molar-refractivity contribution in [2.75, 3.05) is 0 Å². The maximum absolute atomic E-state index is 12.3. The van der Waals surface area contributed by atoms with Gasteiger partial charge in [-0.1, -0.05) is 20.8 Å². The summed E-state index contributed by atoms with van der Waals surface area (Å²) >= 11 is 3.23. The van der Waals surface area contributed by atoms with Crippen molar-refractivity contribution in [2.24, 2.45) is 5.41 Å². The van der Waals surface area contributed by atoms with Gasteiger partial charge in [0.1, 0.15) is 4.90 Å². The summed E-state index contributed by atoms with van der Waals surface area (Å²) in [4.78, 5) is 4.06. The average molecular weight is 349 g/mol. The molecular formula is C13H21BrN2O2S. The topological polar surface area (TPSA) is 59.1 Å². The normalized spacial score (nSPS) is 13.6. The van der Waals surface area contributed by atoms with E-state index >= 15 is 0 Å². The minimum atomic E-state index is -3.56. The summed E-state index contributed by atoms with van der Waals surface area (Å²) in [5.74, 6) is 0. The number of hydrogen-bond donors (Lipinski definition) is 1. The lowest BCUT2D eigenvalue weighted by atomic mass is 9.82. The van der Waals surface area contributed by atoms with Crippen LogP contribution >= 0.6 is 15.9 Å². The van der Waals surface area contributed by atoms with Crippen LogP contribution in [0, 0.1) is 5.41 Å². The fourth-order valence-electron chi connectivity index (χ4n) is 2.32. The first-order valence-corrected chi connectivity index (χ1v) is 8.33. The molecule has 0 aliphatic rings. The summed E-state index contributed by atoms with van der Waals surface area (Å²) in [7, 11) is -3.56. The van der Waals surface area contributed by atoms with E-state index in [1.807, 2.05) is 13.8 Å². The third kappa shape index (κ3) is 5.58. The highest BCUT2D eigenvalue weighted by Crippen LogP contribution is 2.28. The van der Waals surface area contributed by atoms with Crippen molar-refractivity contribution in [2.45, 2.75) is 51.5 Å². The van der Waals surface area contributed by atoms with Crippen LogP contribution in [0.4, 0.5) is 0 Å². The van der Waals surface area contributed by atoms with Crippen molar-refractivity contribution in [3.63, 3.8) is 0 Å². The van der Waals surface area contributed by atoms with Crippen LogP contribution in [-0.4, -0.2) is 18.9 Å². The molecule has 1 aromatic heterocycles. The van der Waals surface area contributed by atoms with E-state index in [-0.39, 0.29) is 10.3 Å². The van der Waals surface area contributed by atoms with Gasteiger partial charge in [-0.05, 0) is 47.7 Å². The van der Waals surface area contributed by atoms with Crippen molar-refractivity contribution in [1.29, 1.82) is 0 Å². The Kier molecular flexibility index (Phi) is 4.80. The molecule has 0 spiro atoms. The second-order valence-corrected chi connectivity index (χ2v) is 9.16. The van der Waals surface area contributed by atoms with Crippen molar-refractivity contribution in [1.82, 2.24) is 9.71 Å². The molecule has 0 aliphatic carbocycles. The van der Waals surface area contributed by atoms with Gasteiger partial charge >= 0.3 is 0 Å². The summed E-state index contributed by atoms with van der Waals surface area (Å²) in [5.41, 5.74) is -0.471. The van der Waals surface area contributed by atoms with E-state index in [1.54, 1.807) is 12.3 Å². The Morgan fingerprint density at radius 3 is 2.26 bits per heavy atom. The van der Waals surface area contributed by atoms with Gasteiger partial charge < -0.3 is 0 Å². The van der Waals surface area contributed by atoms with Gasteiger partial charge in [-0.25, -0.2) is 13.1 Å². The van der Waals surface area contributed by atoms with Crippen molar-refractivity contribution >= 4 is 26.0 Å². The minimum Gasteiger partial charge on any atom is -0.262 e. The molecule has 0 saturated carbocycles. The first kappa shape index (κ1) is 16.6. The Bertz CT molecular complexity index is 548. The highest BCUT2D eigenvalue weighted by molar-refractivity contribution is 9.10. The van der Waals surface area contributed by atoms with Crippen LogP contribution in [-0.2, 0) is 10.0 Å². The van der Waals surface area contributed by atoms with E-state index in [1.165, 1.54) is 6.20 Å². The Hall–Kier alpha value is -0.460. The van der Waals surface area contributed by atoms with Gasteiger partial charge in [0.05, 0.1) is 0 Å². The number of sulfonamides is 1. The van der Waals surface area contributed by atoms with Crippen LogP contribution in [0.15, 0.2) is 27.8 Å². The first-order chi connectivity index (χ1) is 8.41. The third-order valence-corrected chi connectivity index (χ3v) is 4.47. The zero-order valence-corrected chi connectivity index (χ0v) is 14.4. The van der Waals surface area contributed by atoms with Crippen LogP contribution in [0.1, 0.15) is 41.0 Å². The smallest absolute Gasteiger partial charge is 0.242 e. The molecule has 1 heterocycles. The number of aromatic nitrogens is 1. The molecule has 0 fully saturated rings. The highest BCUT2D eigenvalue weighted by atomic mass is 79.9. The zero-order chi connectivity index (χ0) is 14.9. The van der Waals surface area contributed by atoms with Gasteiger partial charge in [-0.15, -0.1) is 0 Å². The number of pyridine rings is 1. The number of hydrogen-bond acceptors (Lipinski definition) is 3. The first-order valence-electron chi connectivity index (χ1n) is 6.06. The molecule has 0 atom stereocenters. The van der Waals surface area contributed by atoms with Crippen LogP contribution in [0.25, 0.3) is 0 Å². The summed E-state index contributed by atoms with van der Waals surface area (Å²) in [6, 6.07) is 1.54. The second kappa shape index (κ2) is 5.50. The number of halogens is 1. The van der Waals surface area contributed by atoms with E-state index < -0.39 is 15.6 Å². The van der Waals surface area contributed by atoms with Gasteiger partial charge in [-0.3, -0.25) is 4.98 Å². The molecule has 4 nitrogen and oxygen atoms in total. The number of nitrogens with zero attached hydrogens (tertiary/aromatic N) is 1. The molecule has 19 heavy (non-hydrogen) atoms. The second-order valence-electron chi connectivity index (χ2n) is 6.57. The molecule has 6 heteroatoms. The SMILES string of the molecule is CC(C)(C)CC(C)(C)NS(=O)(=O)c1cncc(Br)c1. The summed E-state index contributed by atoms with van der Waals surface area (Å²) < 4.78 is 28.0. The average Bonchev–Trinajstić information content (AvgIpc) is 2.11. The molecule has 0 aromatic carbocycles. The fraction of sp³-hybridized carbons (Fsp3) is 0.615. The molecule has 0 unspecified atom stereocenters. The predicted molar refractivity (Wildman–Crippen MR) is 80.4 cm³/mol. The van der Waals surface area contributed by atoms with Crippen molar-refractivity contribution in [3.8, 4) is 0 Å². The van der Waals surface area contributed by atoms with Crippen LogP contribution in [0.5, 0.6) is 0 Å². The van der Waals surface area contributed by atoms with E-state index in [2.05, 4.69) is 46.4 Å². The van der Waals surface area contributed by atoms with Gasteiger partial charge in [0.25, 0.3) is 0 Å². The van der Waals surface area contributed by atoms with Gasteiger partial charge in [0.15, 0.2) is 0 Å². The molecule has 1 rings (SSSR count). The van der Waals surface area contributed by atoms with E-state index in [9.17, 15) is 8.42 Å². The molecule has 108 valence electrons. The Morgan fingerprint density at radius 1 is 1.21 bits per heavy atom. The van der Waals surface area contributed by atoms with Crippen molar-refractivity contribution in [3.05, 3.63) is 22.9 Å². The Labute approximate surface area is 124 Å². The third-order valence-electron chi connectivity index (χ3n) is 2.37. The predicted octanol–water partition coefficient (Wildman–Crippen LogP) is 3.34. The quantitative estimate of drug-likeness (QED) is 0.907. The van der Waals surface area contributed by atoms with Crippen LogP contribution in [0.3, 0.4) is 0 Å². The lowest BCUT2D eigenvalue weighted by Crippen LogP contribution is -2.45. The van der Waals surface area contributed by atoms with Gasteiger partial charge in [-0.2, -0.15) is 0 Å². The van der Waals surface area contributed by atoms with Crippen molar-refractivity contribution < 1.29 is 8.42 Å². The number of rotatable bonds is 4. The molecule has 1 N–H and O–H groups in total. The molecule has 0 radical (unpaired) electrons. The number of nitrogens with one attached hydrogen (secondary N) is 1. The van der Waals surface area contributed by atoms with Crippen LogP contribution < -0.4 is 4.72 Å². The largest absolute Gasteiger partial charge is 0.262 e. The maximum Gasteiger partial charge on any atom is 0.242 e. The zero-order valence-electron chi connectivity index (χ0n) is 12.0. The molecule has 1 aromatic rings. The minimum absolute atomic E-state index is 0.0432. The van der Waals surface area contributed by atoms with E-state index in [4.69, 9.17) is 0 Å². The molecule has 0 aliphatic heterocycles. The molecule has 0 bridgehead atoms. The highest BCUT2D eigenvalue weighted by Gasteiger charge is 2.30. The summed E-state index contributed by atoms with van der Waals surface area (Å²) in [6.45, 7) is 10.0. The Balaban J connectivity index is 2.97. The van der Waals surface area contributed by atoms with Gasteiger partial charge in [0, 0.05) is 22.4 Å². The lowest BCUT2D eigenvalue weighted by molar-refractivity contribution is 0.269. The van der Waals surface area contributed by atoms with Gasteiger partial charge in [0.2, 0.25) is 10.0 Å². The molecule has 0 saturated heterocycles. The molecular weight excluding hydrogens is 328 g/mol. The van der Waals surface area contributed by atoms with E-state index in [0.29, 0.717) is 4.47 Å². The maximum atomic E-state index is 12.3. The van der Waals surface area contributed by atoms with E-state index in [0.717, 1.165) is 6.42 Å². The van der Waals surface area contributed by atoms with Crippen LogP contribution in [0.2, 0.25) is 0 Å². The Morgan fingerprint density at radius 2 is 1.79 bits per heavy atom. The fourth-order valence-corrected chi connectivity index (χ4v) is 4.24. The molecule has 0 amide bonds. The summed E-state index contributed by atoms with van der Waals surface area (Å²) in [5, 5.41) is 0. The lowest BCUT2D eigenvalue weighted by Gasteiger charge is -2.32. The standard InChI is InChI=1S/C13H21BrN2O2S/c1-12(2,3)9-13(4,5)16-19(17,18)11-6-10(14)7-15-8-11/h6-8,16H,9H2,1-5H3.